The maximum atomic E-state index is 12.1. The van der Waals surface area contributed by atoms with Crippen LogP contribution < -0.4 is 5.32 Å². The predicted molar refractivity (Wildman–Crippen MR) is 77.7 cm³/mol. The molecule has 0 atom stereocenters. The minimum Gasteiger partial charge on any atom is -0.462 e. The van der Waals surface area contributed by atoms with Gasteiger partial charge < -0.3 is 10.1 Å². The average Bonchev–Trinajstić information content (AvgIpc) is 2.70. The maximum absolute atomic E-state index is 12.1. The molecule has 0 aliphatic carbocycles. The maximum Gasteiger partial charge on any atom is 0.348 e. The Morgan fingerprint density at radius 3 is 2.53 bits per heavy atom. The number of aryl methyl sites for hydroxylation is 1. The Bertz CT molecular complexity index is 477. The summed E-state index contributed by atoms with van der Waals surface area (Å²) in [5.74, 6) is -0.369. The van der Waals surface area contributed by atoms with Crippen LogP contribution in [0.1, 0.15) is 49.4 Å². The highest BCUT2D eigenvalue weighted by molar-refractivity contribution is 7.18. The molecule has 0 saturated carbocycles. The van der Waals surface area contributed by atoms with E-state index in [-0.39, 0.29) is 11.9 Å². The summed E-state index contributed by atoms with van der Waals surface area (Å²) in [7, 11) is 0. The van der Waals surface area contributed by atoms with Crippen LogP contribution in [0.3, 0.4) is 0 Å². The molecule has 0 bridgehead atoms. The van der Waals surface area contributed by atoms with Crippen LogP contribution in [0.15, 0.2) is 6.07 Å². The zero-order valence-electron chi connectivity index (χ0n) is 12.1. The molecule has 0 spiro atoms. The van der Waals surface area contributed by atoms with Gasteiger partial charge in [0.2, 0.25) is 5.91 Å². The molecular weight excluding hydrogens is 262 g/mol. The predicted octanol–water partition coefficient (Wildman–Crippen LogP) is 3.61. The summed E-state index contributed by atoms with van der Waals surface area (Å²) in [6.45, 7) is 9.73. The van der Waals surface area contributed by atoms with Crippen molar-refractivity contribution >= 4 is 28.2 Å². The number of carbonyl (C=O) groups excluding carboxylic acids is 2. The highest BCUT2D eigenvalue weighted by Gasteiger charge is 2.26. The molecule has 0 saturated heterocycles. The minimum absolute atomic E-state index is 0.0355. The summed E-state index contributed by atoms with van der Waals surface area (Å²) in [6, 6.07) is 1.81. The number of nitrogens with one attached hydrogen (secondary N) is 1. The van der Waals surface area contributed by atoms with Crippen molar-refractivity contribution in [1.82, 2.24) is 0 Å². The van der Waals surface area contributed by atoms with Gasteiger partial charge in [0.15, 0.2) is 0 Å². The lowest BCUT2D eigenvalue weighted by Crippen LogP contribution is -2.29. The summed E-state index contributed by atoms with van der Waals surface area (Å²) >= 11 is 1.26. The highest BCUT2D eigenvalue weighted by Crippen LogP contribution is 2.29. The van der Waals surface area contributed by atoms with E-state index in [9.17, 15) is 9.59 Å². The molecule has 106 valence electrons. The first-order valence-corrected chi connectivity index (χ1v) is 7.22. The van der Waals surface area contributed by atoms with Gasteiger partial charge in [0.05, 0.1) is 11.6 Å². The first-order chi connectivity index (χ1) is 8.81. The van der Waals surface area contributed by atoms with Crippen LogP contribution in [0, 0.1) is 12.3 Å². The Kier molecular flexibility index (Phi) is 5.11. The number of hydrogen-bond acceptors (Lipinski definition) is 4. The Morgan fingerprint density at radius 1 is 1.37 bits per heavy atom. The summed E-state index contributed by atoms with van der Waals surface area (Å²) in [6.07, 6.45) is 0.758. The van der Waals surface area contributed by atoms with Crippen LogP contribution in [0.5, 0.6) is 0 Å². The van der Waals surface area contributed by atoms with Crippen molar-refractivity contribution < 1.29 is 14.3 Å². The summed E-state index contributed by atoms with van der Waals surface area (Å²) in [5, 5.41) is 3.55. The first-order valence-electron chi connectivity index (χ1n) is 6.40. The second-order valence-electron chi connectivity index (χ2n) is 5.03. The smallest absolute Gasteiger partial charge is 0.348 e. The van der Waals surface area contributed by atoms with Crippen molar-refractivity contribution in [2.24, 2.45) is 5.41 Å². The van der Waals surface area contributed by atoms with Crippen LogP contribution in [-0.4, -0.2) is 18.5 Å². The lowest BCUT2D eigenvalue weighted by molar-refractivity contribution is -0.124. The van der Waals surface area contributed by atoms with Gasteiger partial charge in [-0.15, -0.1) is 11.3 Å². The molecule has 0 aromatic carbocycles. The average molecular weight is 283 g/mol. The zero-order chi connectivity index (χ0) is 14.6. The molecule has 0 unspecified atom stereocenters. The van der Waals surface area contributed by atoms with E-state index in [0.29, 0.717) is 16.5 Å². The topological polar surface area (TPSA) is 55.4 Å². The van der Waals surface area contributed by atoms with Crippen molar-refractivity contribution in [3.63, 3.8) is 0 Å². The first kappa shape index (κ1) is 15.7. The van der Waals surface area contributed by atoms with Crippen molar-refractivity contribution in [2.75, 3.05) is 11.9 Å². The van der Waals surface area contributed by atoms with E-state index in [4.69, 9.17) is 4.74 Å². The number of esters is 1. The van der Waals surface area contributed by atoms with Crippen molar-refractivity contribution in [1.29, 1.82) is 0 Å². The molecule has 4 nitrogen and oxygen atoms in total. The number of rotatable bonds is 5. The van der Waals surface area contributed by atoms with Crippen molar-refractivity contribution in [3.05, 3.63) is 16.5 Å². The van der Waals surface area contributed by atoms with Gasteiger partial charge in [-0.1, -0.05) is 20.8 Å². The van der Waals surface area contributed by atoms with Crippen LogP contribution in [-0.2, 0) is 9.53 Å². The summed E-state index contributed by atoms with van der Waals surface area (Å²) < 4.78 is 4.97. The standard InChI is InChI=1S/C14H21NO3S/c1-6-14(4,5)13(17)15-10-8-9(3)11(19-10)12(16)18-7-2/h8H,6-7H2,1-5H3,(H,15,17). The van der Waals surface area contributed by atoms with Crippen LogP contribution in [0.4, 0.5) is 5.00 Å². The van der Waals surface area contributed by atoms with E-state index < -0.39 is 5.41 Å². The molecule has 0 aliphatic rings. The van der Waals surface area contributed by atoms with E-state index in [1.54, 1.807) is 13.0 Å². The third-order valence-electron chi connectivity index (χ3n) is 3.11. The zero-order valence-corrected chi connectivity index (χ0v) is 12.9. The SMILES string of the molecule is CCOC(=O)c1sc(NC(=O)C(C)(C)CC)cc1C. The van der Waals surface area contributed by atoms with Gasteiger partial charge in [0.25, 0.3) is 0 Å². The number of hydrogen-bond donors (Lipinski definition) is 1. The van der Waals surface area contributed by atoms with Gasteiger partial charge in [-0.2, -0.15) is 0 Å². The quantitative estimate of drug-likeness (QED) is 0.840. The second-order valence-corrected chi connectivity index (χ2v) is 6.09. The third kappa shape index (κ3) is 3.80. The van der Waals surface area contributed by atoms with Gasteiger partial charge in [0.1, 0.15) is 4.88 Å². The fourth-order valence-corrected chi connectivity index (χ4v) is 2.35. The Hall–Kier alpha value is -1.36. The number of ether oxygens (including phenoxy) is 1. The molecule has 1 heterocycles. The molecular formula is C14H21NO3S. The Morgan fingerprint density at radius 2 is 2.00 bits per heavy atom. The monoisotopic (exact) mass is 283 g/mol. The van der Waals surface area contributed by atoms with Crippen LogP contribution in [0.25, 0.3) is 0 Å². The molecule has 19 heavy (non-hydrogen) atoms. The Balaban J connectivity index is 2.85. The van der Waals surface area contributed by atoms with Crippen LogP contribution >= 0.6 is 11.3 Å². The highest BCUT2D eigenvalue weighted by atomic mass is 32.1. The minimum atomic E-state index is -0.415. The lowest BCUT2D eigenvalue weighted by Gasteiger charge is -2.20. The fourth-order valence-electron chi connectivity index (χ4n) is 1.38. The largest absolute Gasteiger partial charge is 0.462 e. The van der Waals surface area contributed by atoms with Crippen LogP contribution in [0.2, 0.25) is 0 Å². The van der Waals surface area contributed by atoms with E-state index in [0.717, 1.165) is 12.0 Å². The fraction of sp³-hybridized carbons (Fsp3) is 0.571. The van der Waals surface area contributed by atoms with Crippen molar-refractivity contribution in [2.45, 2.75) is 41.0 Å². The molecule has 0 fully saturated rings. The number of anilines is 1. The van der Waals surface area contributed by atoms with E-state index in [1.165, 1.54) is 11.3 Å². The lowest BCUT2D eigenvalue weighted by atomic mass is 9.89. The number of amides is 1. The molecule has 1 aromatic rings. The summed E-state index contributed by atoms with van der Waals surface area (Å²) in [5.41, 5.74) is 0.412. The molecule has 0 aliphatic heterocycles. The molecule has 1 N–H and O–H groups in total. The van der Waals surface area contributed by atoms with Gasteiger partial charge in [-0.25, -0.2) is 4.79 Å². The number of thiophene rings is 1. The van der Waals surface area contributed by atoms with Gasteiger partial charge in [-0.05, 0) is 31.9 Å². The van der Waals surface area contributed by atoms with E-state index >= 15 is 0 Å². The molecule has 1 amide bonds. The van der Waals surface area contributed by atoms with E-state index in [1.807, 2.05) is 27.7 Å². The van der Waals surface area contributed by atoms with Gasteiger partial charge >= 0.3 is 5.97 Å². The second kappa shape index (κ2) is 6.19. The molecule has 5 heteroatoms. The summed E-state index contributed by atoms with van der Waals surface area (Å²) in [4.78, 5) is 24.3. The van der Waals surface area contributed by atoms with Gasteiger partial charge in [0, 0.05) is 5.41 Å². The third-order valence-corrected chi connectivity index (χ3v) is 4.25. The molecule has 0 radical (unpaired) electrons. The molecule has 1 rings (SSSR count). The van der Waals surface area contributed by atoms with Crippen molar-refractivity contribution in [3.8, 4) is 0 Å². The Labute approximate surface area is 118 Å². The van der Waals surface area contributed by atoms with Gasteiger partial charge in [-0.3, -0.25) is 4.79 Å². The van der Waals surface area contributed by atoms with E-state index in [2.05, 4.69) is 5.32 Å². The number of carbonyl (C=O) groups is 2. The normalized spacial score (nSPS) is 11.2. The molecule has 1 aromatic heterocycles.